The number of unbranched alkanes of at least 4 members (excludes halogenated alkanes) is 2. The van der Waals surface area contributed by atoms with Crippen LogP contribution >= 0.6 is 0 Å². The third-order valence-electron chi connectivity index (χ3n) is 4.04. The summed E-state index contributed by atoms with van der Waals surface area (Å²) >= 11 is 0. The molecule has 2 N–H and O–H groups in total. The van der Waals surface area contributed by atoms with Crippen molar-refractivity contribution < 1.29 is 38.7 Å². The average molecular weight is 392 g/mol. The molecule has 8 nitrogen and oxygen atoms in total. The smallest absolute Gasteiger partial charge is 0.312 e. The van der Waals surface area contributed by atoms with Gasteiger partial charge < -0.3 is 29.2 Å². The van der Waals surface area contributed by atoms with Gasteiger partial charge in [0.05, 0.1) is 6.61 Å². The Kier molecular flexibility index (Phi) is 14.1. The molecule has 0 heterocycles. The molecular weight excluding hydrogens is 356 g/mol. The fourth-order valence-electron chi connectivity index (χ4n) is 2.68. The van der Waals surface area contributed by atoms with E-state index in [4.69, 9.17) is 24.1 Å². The number of hydrogen-bond donors (Lipinski definition) is 2. The van der Waals surface area contributed by atoms with E-state index in [-0.39, 0.29) is 32.7 Å². The van der Waals surface area contributed by atoms with Crippen molar-refractivity contribution in [3.8, 4) is 0 Å². The van der Waals surface area contributed by atoms with Gasteiger partial charge in [-0.1, -0.05) is 26.7 Å². The molecular formula is C19H36O8. The first-order chi connectivity index (χ1) is 12.9. The van der Waals surface area contributed by atoms with Crippen LogP contribution in [-0.2, 0) is 28.5 Å². The Labute approximate surface area is 162 Å². The van der Waals surface area contributed by atoms with Crippen LogP contribution in [-0.4, -0.2) is 60.7 Å². The third-order valence-corrected chi connectivity index (χ3v) is 4.04. The molecule has 3 unspecified atom stereocenters. The van der Waals surface area contributed by atoms with Crippen molar-refractivity contribution >= 4 is 11.9 Å². The minimum Gasteiger partial charge on any atom is -0.481 e. The molecule has 0 aromatic rings. The third kappa shape index (κ3) is 9.01. The van der Waals surface area contributed by atoms with Gasteiger partial charge in [-0.2, -0.15) is 0 Å². The normalized spacial score (nSPS) is 15.9. The van der Waals surface area contributed by atoms with Gasteiger partial charge in [0.2, 0.25) is 12.1 Å². The minimum absolute atomic E-state index is 0.155. The van der Waals surface area contributed by atoms with Gasteiger partial charge in [0.15, 0.2) is 0 Å². The van der Waals surface area contributed by atoms with Crippen molar-refractivity contribution in [2.75, 3.05) is 26.4 Å². The maximum Gasteiger partial charge on any atom is 0.312 e. The van der Waals surface area contributed by atoms with Crippen LogP contribution in [0.25, 0.3) is 0 Å². The first-order valence-electron chi connectivity index (χ1n) is 9.85. The summed E-state index contributed by atoms with van der Waals surface area (Å²) in [6.45, 7) is 8.56. The van der Waals surface area contributed by atoms with Gasteiger partial charge in [-0.15, -0.1) is 0 Å². The minimum atomic E-state index is -1.71. The summed E-state index contributed by atoms with van der Waals surface area (Å²) in [6, 6.07) is 0. The highest BCUT2D eigenvalue weighted by Gasteiger charge is 2.53. The number of carbonyl (C=O) groups is 2. The lowest BCUT2D eigenvalue weighted by Crippen LogP contribution is -2.58. The van der Waals surface area contributed by atoms with E-state index in [0.29, 0.717) is 13.0 Å². The molecule has 0 amide bonds. The first kappa shape index (κ1) is 25.8. The maximum absolute atomic E-state index is 12.0. The highest BCUT2D eigenvalue weighted by atomic mass is 16.8. The molecule has 0 aliphatic heterocycles. The van der Waals surface area contributed by atoms with Gasteiger partial charge in [0.25, 0.3) is 0 Å². The summed E-state index contributed by atoms with van der Waals surface area (Å²) in [5.41, 5.74) is 0. The van der Waals surface area contributed by atoms with E-state index in [1.54, 1.807) is 13.8 Å². The maximum atomic E-state index is 12.0. The SMILES string of the molecule is CCCCOC(OCC)C(OCC)(OCCCC)C(CCC(=O)O)C(=O)O. The Morgan fingerprint density at radius 2 is 1.52 bits per heavy atom. The summed E-state index contributed by atoms with van der Waals surface area (Å²) in [6.07, 6.45) is 1.68. The number of carboxylic acids is 2. The molecule has 27 heavy (non-hydrogen) atoms. The number of hydrogen-bond acceptors (Lipinski definition) is 6. The average Bonchev–Trinajstić information content (AvgIpc) is 2.60. The first-order valence-corrected chi connectivity index (χ1v) is 9.85. The lowest BCUT2D eigenvalue weighted by atomic mass is 9.91. The van der Waals surface area contributed by atoms with Crippen molar-refractivity contribution in [1.82, 2.24) is 0 Å². The fourth-order valence-corrected chi connectivity index (χ4v) is 2.68. The van der Waals surface area contributed by atoms with Crippen LogP contribution < -0.4 is 0 Å². The predicted molar refractivity (Wildman–Crippen MR) is 99.5 cm³/mol. The Hall–Kier alpha value is -1.22. The predicted octanol–water partition coefficient (Wildman–Crippen LogP) is 3.28. The summed E-state index contributed by atoms with van der Waals surface area (Å²) < 4.78 is 23.3. The zero-order valence-corrected chi connectivity index (χ0v) is 17.1. The van der Waals surface area contributed by atoms with Crippen LogP contribution in [0.2, 0.25) is 0 Å². The van der Waals surface area contributed by atoms with E-state index in [9.17, 15) is 14.7 Å². The molecule has 0 radical (unpaired) electrons. The Bertz CT molecular complexity index is 415. The van der Waals surface area contributed by atoms with Crippen molar-refractivity contribution in [2.24, 2.45) is 5.92 Å². The summed E-state index contributed by atoms with van der Waals surface area (Å²) in [5.74, 6) is -5.25. The molecule has 8 heteroatoms. The number of aliphatic carboxylic acids is 2. The molecule has 0 rings (SSSR count). The second-order valence-corrected chi connectivity index (χ2v) is 6.19. The zero-order chi connectivity index (χ0) is 20.7. The molecule has 3 atom stereocenters. The molecule has 0 aliphatic carbocycles. The van der Waals surface area contributed by atoms with E-state index in [0.717, 1.165) is 19.3 Å². The van der Waals surface area contributed by atoms with Crippen LogP contribution in [0.3, 0.4) is 0 Å². The second-order valence-electron chi connectivity index (χ2n) is 6.19. The largest absolute Gasteiger partial charge is 0.481 e. The molecule has 0 bridgehead atoms. The summed E-state index contributed by atoms with van der Waals surface area (Å²) in [5, 5.41) is 18.9. The van der Waals surface area contributed by atoms with E-state index in [1.807, 2.05) is 13.8 Å². The Morgan fingerprint density at radius 1 is 0.889 bits per heavy atom. The number of rotatable bonds is 18. The van der Waals surface area contributed by atoms with Crippen molar-refractivity contribution in [2.45, 2.75) is 78.3 Å². The van der Waals surface area contributed by atoms with Crippen molar-refractivity contribution in [3.05, 3.63) is 0 Å². The van der Waals surface area contributed by atoms with Gasteiger partial charge >= 0.3 is 11.9 Å². The van der Waals surface area contributed by atoms with E-state index in [1.165, 1.54) is 0 Å². The molecule has 0 aliphatic rings. The molecule has 0 aromatic heterocycles. The Balaban J connectivity index is 5.88. The second kappa shape index (κ2) is 14.8. The number of ether oxygens (including phenoxy) is 4. The molecule has 0 spiro atoms. The van der Waals surface area contributed by atoms with E-state index < -0.39 is 29.9 Å². The van der Waals surface area contributed by atoms with Gasteiger partial charge in [-0.05, 0) is 33.1 Å². The highest BCUT2D eigenvalue weighted by molar-refractivity contribution is 5.73. The van der Waals surface area contributed by atoms with Crippen molar-refractivity contribution in [3.63, 3.8) is 0 Å². The van der Waals surface area contributed by atoms with Crippen LogP contribution in [0, 0.1) is 5.92 Å². The summed E-state index contributed by atoms with van der Waals surface area (Å²) in [4.78, 5) is 23.1. The molecule has 0 aromatic carbocycles. The van der Waals surface area contributed by atoms with Crippen LogP contribution in [0.15, 0.2) is 0 Å². The van der Waals surface area contributed by atoms with Crippen LogP contribution in [0.5, 0.6) is 0 Å². The number of carboxylic acid groups (broad SMARTS) is 2. The van der Waals surface area contributed by atoms with Crippen LogP contribution in [0.1, 0.15) is 66.2 Å². The lowest BCUT2D eigenvalue weighted by molar-refractivity contribution is -0.369. The fraction of sp³-hybridized carbons (Fsp3) is 0.895. The van der Waals surface area contributed by atoms with Gasteiger partial charge in [0, 0.05) is 26.2 Å². The molecule has 0 saturated carbocycles. The lowest BCUT2D eigenvalue weighted by Gasteiger charge is -2.42. The standard InChI is InChI=1S/C19H36O8/c1-5-9-13-25-18(24-7-3)19(26-8-4,27-14-10-6-2)15(17(22)23)11-12-16(20)21/h15,18H,5-14H2,1-4H3,(H,20,21)(H,22,23). The summed E-state index contributed by atoms with van der Waals surface area (Å²) in [7, 11) is 0. The van der Waals surface area contributed by atoms with Gasteiger partial charge in [0.1, 0.15) is 5.92 Å². The topological polar surface area (TPSA) is 112 Å². The zero-order valence-electron chi connectivity index (χ0n) is 17.1. The highest BCUT2D eigenvalue weighted by Crippen LogP contribution is 2.35. The molecule has 0 saturated heterocycles. The monoisotopic (exact) mass is 392 g/mol. The van der Waals surface area contributed by atoms with Gasteiger partial charge in [-0.25, -0.2) is 0 Å². The van der Waals surface area contributed by atoms with Crippen LogP contribution in [0.4, 0.5) is 0 Å². The van der Waals surface area contributed by atoms with Crippen molar-refractivity contribution in [1.29, 1.82) is 0 Å². The molecule has 0 fully saturated rings. The molecule has 160 valence electrons. The van der Waals surface area contributed by atoms with E-state index in [2.05, 4.69) is 0 Å². The van der Waals surface area contributed by atoms with Gasteiger partial charge in [-0.3, -0.25) is 9.59 Å². The Morgan fingerprint density at radius 3 is 2.00 bits per heavy atom. The van der Waals surface area contributed by atoms with E-state index >= 15 is 0 Å². The quantitative estimate of drug-likeness (QED) is 0.270.